The van der Waals surface area contributed by atoms with Crippen LogP contribution in [-0.2, 0) is 6.54 Å². The zero-order valence-corrected chi connectivity index (χ0v) is 19.1. The van der Waals surface area contributed by atoms with E-state index in [2.05, 4.69) is 87.6 Å². The first-order chi connectivity index (χ1) is 12.5. The lowest BCUT2D eigenvalue weighted by molar-refractivity contribution is 0.0900. The molecule has 1 aliphatic rings. The van der Waals surface area contributed by atoms with E-state index in [9.17, 15) is 5.11 Å². The first kappa shape index (κ1) is 18.9. The smallest absolute Gasteiger partial charge is 0.0845 e. The second-order valence-electron chi connectivity index (χ2n) is 7.07. The third-order valence-electron chi connectivity index (χ3n) is 5.15. The van der Waals surface area contributed by atoms with Crippen molar-refractivity contribution >= 4 is 69.6 Å². The molecule has 4 rings (SSSR count). The summed E-state index contributed by atoms with van der Waals surface area (Å²) in [7, 11) is 0. The summed E-state index contributed by atoms with van der Waals surface area (Å²) in [6.07, 6.45) is 3.42. The molecular weight excluding hydrogens is 524 g/mol. The Hall–Kier alpha value is -0.400. The minimum absolute atomic E-state index is 0.383. The lowest BCUT2D eigenvalue weighted by atomic mass is 10.1. The summed E-state index contributed by atoms with van der Waals surface area (Å²) in [5.41, 5.74) is 2.29. The van der Waals surface area contributed by atoms with E-state index in [1.807, 2.05) is 0 Å². The van der Waals surface area contributed by atoms with Crippen LogP contribution in [0.4, 0.5) is 0 Å². The first-order valence-electron chi connectivity index (χ1n) is 9.00. The minimum Gasteiger partial charge on any atom is -0.390 e. The van der Waals surface area contributed by atoms with Crippen molar-refractivity contribution < 1.29 is 5.11 Å². The van der Waals surface area contributed by atoms with E-state index >= 15 is 0 Å². The van der Waals surface area contributed by atoms with Crippen molar-refractivity contribution in [2.24, 2.45) is 0 Å². The van der Waals surface area contributed by atoms with Gasteiger partial charge >= 0.3 is 0 Å². The van der Waals surface area contributed by atoms with Crippen molar-refractivity contribution in [2.45, 2.75) is 31.9 Å². The second-order valence-corrected chi connectivity index (χ2v) is 9.76. The molecule has 0 spiro atoms. The van der Waals surface area contributed by atoms with Crippen LogP contribution < -0.4 is 0 Å². The van der Waals surface area contributed by atoms with Crippen molar-refractivity contribution in [2.75, 3.05) is 19.6 Å². The summed E-state index contributed by atoms with van der Waals surface area (Å²) in [4.78, 5) is 2.39. The van der Waals surface area contributed by atoms with E-state index in [1.165, 1.54) is 30.0 Å². The second kappa shape index (κ2) is 7.92. The van der Waals surface area contributed by atoms with Gasteiger partial charge in [-0.15, -0.1) is 0 Å². The maximum absolute atomic E-state index is 10.8. The highest BCUT2D eigenvalue weighted by Gasteiger charge is 2.19. The van der Waals surface area contributed by atoms with Crippen LogP contribution in [0.25, 0.3) is 21.8 Å². The number of β-amino-alcohol motifs (C(OH)–C–C–N with tert-alkyl or cyclic N) is 1. The molecule has 1 aromatic heterocycles. The van der Waals surface area contributed by atoms with E-state index in [0.29, 0.717) is 6.54 Å². The number of aliphatic hydroxyl groups is 1. The molecule has 2 aromatic carbocycles. The molecule has 1 N–H and O–H groups in total. The molecule has 1 fully saturated rings. The standard InChI is InChI=1S/C20H21Br3N2O/c21-13-4-5-19-16(8-13)17-9-14(22)10-18(23)20(17)25(19)12-15(26)11-24-6-2-1-3-7-24/h4-5,8-10,15,26H,1-3,6-7,11-12H2. The Labute approximate surface area is 178 Å². The summed E-state index contributed by atoms with van der Waals surface area (Å²) in [5, 5.41) is 13.2. The topological polar surface area (TPSA) is 28.4 Å². The minimum atomic E-state index is -0.383. The molecule has 1 atom stereocenters. The Kier molecular flexibility index (Phi) is 5.77. The van der Waals surface area contributed by atoms with Crippen LogP contribution in [0, 0.1) is 0 Å². The van der Waals surface area contributed by atoms with Crippen LogP contribution in [0.5, 0.6) is 0 Å². The Balaban J connectivity index is 1.75. The van der Waals surface area contributed by atoms with Crippen LogP contribution in [-0.4, -0.2) is 40.3 Å². The predicted molar refractivity (Wildman–Crippen MR) is 119 cm³/mol. The number of hydrogen-bond donors (Lipinski definition) is 1. The maximum atomic E-state index is 10.8. The molecule has 1 saturated heterocycles. The zero-order valence-electron chi connectivity index (χ0n) is 14.4. The Bertz CT molecular complexity index is 947. The van der Waals surface area contributed by atoms with E-state index in [0.717, 1.165) is 44.1 Å². The molecule has 0 saturated carbocycles. The third kappa shape index (κ3) is 3.76. The Morgan fingerprint density at radius 1 is 0.885 bits per heavy atom. The number of aliphatic hydroxyl groups excluding tert-OH is 1. The highest BCUT2D eigenvalue weighted by Crippen LogP contribution is 2.37. The van der Waals surface area contributed by atoms with Gasteiger partial charge in [0.05, 0.1) is 18.2 Å². The van der Waals surface area contributed by atoms with Crippen molar-refractivity contribution in [1.82, 2.24) is 9.47 Å². The number of hydrogen-bond acceptors (Lipinski definition) is 2. The van der Waals surface area contributed by atoms with Gasteiger partial charge in [0.15, 0.2) is 0 Å². The highest BCUT2D eigenvalue weighted by molar-refractivity contribution is 9.11. The molecule has 3 nitrogen and oxygen atoms in total. The number of likely N-dealkylation sites (tertiary alicyclic amines) is 1. The number of benzene rings is 2. The number of halogens is 3. The average Bonchev–Trinajstić information content (AvgIpc) is 2.89. The molecule has 138 valence electrons. The molecular formula is C20H21Br3N2O. The van der Waals surface area contributed by atoms with Crippen LogP contribution >= 0.6 is 47.8 Å². The predicted octanol–water partition coefficient (Wildman–Crippen LogP) is 5.93. The van der Waals surface area contributed by atoms with Gasteiger partial charge in [0.1, 0.15) is 0 Å². The summed E-state index contributed by atoms with van der Waals surface area (Å²) in [6, 6.07) is 10.6. The Morgan fingerprint density at radius 3 is 2.38 bits per heavy atom. The van der Waals surface area contributed by atoms with Gasteiger partial charge in [0.25, 0.3) is 0 Å². The number of piperidine rings is 1. The van der Waals surface area contributed by atoms with Gasteiger partial charge in [0, 0.05) is 36.3 Å². The quantitative estimate of drug-likeness (QED) is 0.441. The first-order valence-corrected chi connectivity index (χ1v) is 11.4. The van der Waals surface area contributed by atoms with Crippen LogP contribution in [0.1, 0.15) is 19.3 Å². The van der Waals surface area contributed by atoms with E-state index in [-0.39, 0.29) is 6.10 Å². The van der Waals surface area contributed by atoms with Gasteiger partial charge in [-0.05, 0) is 72.2 Å². The molecule has 0 amide bonds. The van der Waals surface area contributed by atoms with Crippen LogP contribution in [0.15, 0.2) is 43.7 Å². The largest absolute Gasteiger partial charge is 0.390 e. The third-order valence-corrected chi connectivity index (χ3v) is 6.70. The number of fused-ring (bicyclic) bond motifs is 3. The fourth-order valence-corrected chi connectivity index (χ4v) is 5.82. The van der Waals surface area contributed by atoms with Gasteiger partial charge in [0.2, 0.25) is 0 Å². The van der Waals surface area contributed by atoms with Crippen LogP contribution in [0.2, 0.25) is 0 Å². The molecule has 0 bridgehead atoms. The van der Waals surface area contributed by atoms with Gasteiger partial charge in [-0.25, -0.2) is 0 Å². The highest BCUT2D eigenvalue weighted by atomic mass is 79.9. The number of aromatic nitrogens is 1. The molecule has 0 aliphatic carbocycles. The lowest BCUT2D eigenvalue weighted by Gasteiger charge is -2.28. The van der Waals surface area contributed by atoms with E-state index in [4.69, 9.17) is 0 Å². The normalized spacial score (nSPS) is 17.2. The van der Waals surface area contributed by atoms with E-state index in [1.54, 1.807) is 0 Å². The SMILES string of the molecule is OC(CN1CCCCC1)Cn1c2ccc(Br)cc2c2cc(Br)cc(Br)c21. The van der Waals surface area contributed by atoms with Crippen molar-refractivity contribution in [3.8, 4) is 0 Å². The molecule has 2 heterocycles. The van der Waals surface area contributed by atoms with Crippen LogP contribution in [0.3, 0.4) is 0 Å². The zero-order chi connectivity index (χ0) is 18.3. The van der Waals surface area contributed by atoms with Gasteiger partial charge in [-0.3, -0.25) is 0 Å². The fourth-order valence-electron chi connectivity index (χ4n) is 4.02. The summed E-state index contributed by atoms with van der Waals surface area (Å²) in [5.74, 6) is 0. The molecule has 6 heteroatoms. The summed E-state index contributed by atoms with van der Waals surface area (Å²) >= 11 is 10.9. The van der Waals surface area contributed by atoms with Gasteiger partial charge in [-0.1, -0.05) is 38.3 Å². The average molecular weight is 545 g/mol. The summed E-state index contributed by atoms with van der Waals surface area (Å²) < 4.78 is 5.40. The van der Waals surface area contributed by atoms with Crippen molar-refractivity contribution in [3.63, 3.8) is 0 Å². The molecule has 1 aliphatic heterocycles. The monoisotopic (exact) mass is 542 g/mol. The lowest BCUT2D eigenvalue weighted by Crippen LogP contribution is -2.38. The van der Waals surface area contributed by atoms with Gasteiger partial charge in [-0.2, -0.15) is 0 Å². The number of rotatable bonds is 4. The maximum Gasteiger partial charge on any atom is 0.0845 e. The van der Waals surface area contributed by atoms with E-state index < -0.39 is 0 Å². The van der Waals surface area contributed by atoms with Gasteiger partial charge < -0.3 is 14.6 Å². The molecule has 26 heavy (non-hydrogen) atoms. The molecule has 3 aromatic rings. The van der Waals surface area contributed by atoms with Crippen molar-refractivity contribution in [3.05, 3.63) is 43.7 Å². The molecule has 0 radical (unpaired) electrons. The Morgan fingerprint density at radius 2 is 1.62 bits per heavy atom. The summed E-state index contributed by atoms with van der Waals surface area (Å²) in [6.45, 7) is 3.55. The molecule has 1 unspecified atom stereocenters. The number of nitrogens with zero attached hydrogens (tertiary/aromatic N) is 2. The fraction of sp³-hybridized carbons (Fsp3) is 0.400. The van der Waals surface area contributed by atoms with Crippen molar-refractivity contribution in [1.29, 1.82) is 0 Å².